The summed E-state index contributed by atoms with van der Waals surface area (Å²) in [6.07, 6.45) is 1.96. The van der Waals surface area contributed by atoms with E-state index in [4.69, 9.17) is 0 Å². The Morgan fingerprint density at radius 2 is 1.75 bits per heavy atom. The molecule has 5 rings (SSSR count). The molecular formula is C25H26N4O3. The molecule has 3 aromatic carbocycles. The van der Waals surface area contributed by atoms with Gasteiger partial charge in [-0.05, 0) is 41.3 Å². The van der Waals surface area contributed by atoms with Crippen LogP contribution in [0.1, 0.15) is 28.8 Å². The third kappa shape index (κ3) is 4.29. The molecule has 2 aliphatic rings. The van der Waals surface area contributed by atoms with Gasteiger partial charge in [0, 0.05) is 50.4 Å². The van der Waals surface area contributed by atoms with Gasteiger partial charge < -0.3 is 10.2 Å². The summed E-state index contributed by atoms with van der Waals surface area (Å²) in [7, 11) is 0. The van der Waals surface area contributed by atoms with Gasteiger partial charge >= 0.3 is 0 Å². The lowest BCUT2D eigenvalue weighted by Crippen LogP contribution is -2.46. The molecule has 7 nitrogen and oxygen atoms in total. The number of nitrogens with zero attached hydrogens (tertiary/aromatic N) is 3. The first-order chi connectivity index (χ1) is 15.6. The van der Waals surface area contributed by atoms with E-state index in [2.05, 4.69) is 57.6 Å². The summed E-state index contributed by atoms with van der Waals surface area (Å²) in [5.41, 5.74) is 2.23. The van der Waals surface area contributed by atoms with Crippen LogP contribution in [-0.4, -0.2) is 48.0 Å². The van der Waals surface area contributed by atoms with Gasteiger partial charge in [-0.1, -0.05) is 42.5 Å². The van der Waals surface area contributed by atoms with E-state index >= 15 is 0 Å². The van der Waals surface area contributed by atoms with Crippen molar-refractivity contribution in [2.75, 3.05) is 31.1 Å². The van der Waals surface area contributed by atoms with Gasteiger partial charge in [0.05, 0.1) is 4.92 Å². The number of nitro benzene ring substituents is 1. The number of carbonyl (C=O) groups is 1. The molecule has 1 aliphatic carbocycles. The zero-order valence-electron chi connectivity index (χ0n) is 17.9. The van der Waals surface area contributed by atoms with Crippen molar-refractivity contribution < 1.29 is 9.72 Å². The van der Waals surface area contributed by atoms with E-state index in [0.717, 1.165) is 32.5 Å². The Morgan fingerprint density at radius 1 is 1.00 bits per heavy atom. The Hall–Kier alpha value is -3.45. The molecule has 1 aliphatic heterocycles. The first kappa shape index (κ1) is 20.5. The second-order valence-corrected chi connectivity index (χ2v) is 8.61. The number of anilines is 1. The molecule has 0 unspecified atom stereocenters. The van der Waals surface area contributed by atoms with Gasteiger partial charge in [0.25, 0.3) is 11.6 Å². The quantitative estimate of drug-likeness (QED) is 0.473. The van der Waals surface area contributed by atoms with E-state index in [1.165, 1.54) is 22.4 Å². The standard InChI is InChI=1S/C25H26N4O3/c30-25(26-21-9-10-21)19-8-11-23(24(16-19)29(31)32)28-14-12-27(13-15-28)17-20-6-3-5-18-4-1-2-7-22(18)20/h1-8,11,16,21H,9-10,12-15,17H2,(H,26,30). The molecule has 1 amide bonds. The molecule has 7 heteroatoms. The second kappa shape index (κ2) is 8.59. The number of piperazine rings is 1. The fraction of sp³-hybridized carbons (Fsp3) is 0.320. The molecule has 0 spiro atoms. The molecular weight excluding hydrogens is 404 g/mol. The lowest BCUT2D eigenvalue weighted by molar-refractivity contribution is -0.384. The maximum atomic E-state index is 12.3. The van der Waals surface area contributed by atoms with Crippen molar-refractivity contribution in [3.63, 3.8) is 0 Å². The van der Waals surface area contributed by atoms with Gasteiger partial charge in [-0.25, -0.2) is 0 Å². The number of carbonyl (C=O) groups excluding carboxylic acids is 1. The predicted octanol–water partition coefficient (Wildman–Crippen LogP) is 3.96. The molecule has 1 saturated carbocycles. The SMILES string of the molecule is O=C(NC1CC1)c1ccc(N2CCN(Cc3cccc4ccccc34)CC2)c([N+](=O)[O-])c1. The van der Waals surface area contributed by atoms with E-state index in [0.29, 0.717) is 24.3 Å². The Labute approximate surface area is 186 Å². The summed E-state index contributed by atoms with van der Waals surface area (Å²) in [5, 5.41) is 17.1. The summed E-state index contributed by atoms with van der Waals surface area (Å²) < 4.78 is 0. The van der Waals surface area contributed by atoms with Crippen LogP contribution in [0.3, 0.4) is 0 Å². The van der Waals surface area contributed by atoms with E-state index in [9.17, 15) is 14.9 Å². The molecule has 32 heavy (non-hydrogen) atoms. The van der Waals surface area contributed by atoms with Gasteiger partial charge in [-0.15, -0.1) is 0 Å². The van der Waals surface area contributed by atoms with Crippen LogP contribution in [-0.2, 0) is 6.54 Å². The van der Waals surface area contributed by atoms with Crippen molar-refractivity contribution >= 4 is 28.1 Å². The Morgan fingerprint density at radius 3 is 2.50 bits per heavy atom. The van der Waals surface area contributed by atoms with Gasteiger partial charge in [0.15, 0.2) is 0 Å². The molecule has 1 heterocycles. The first-order valence-electron chi connectivity index (χ1n) is 11.1. The summed E-state index contributed by atoms with van der Waals surface area (Å²) in [6.45, 7) is 3.92. The Kier molecular flexibility index (Phi) is 5.49. The van der Waals surface area contributed by atoms with Gasteiger partial charge in [-0.2, -0.15) is 0 Å². The highest BCUT2D eigenvalue weighted by atomic mass is 16.6. The molecule has 3 aromatic rings. The molecule has 2 fully saturated rings. The number of rotatable bonds is 6. The number of fused-ring (bicyclic) bond motifs is 1. The number of benzene rings is 3. The molecule has 0 bridgehead atoms. The number of hydrogen-bond donors (Lipinski definition) is 1. The Bertz CT molecular complexity index is 1160. The highest BCUT2D eigenvalue weighted by Crippen LogP contribution is 2.31. The van der Waals surface area contributed by atoms with Crippen LogP contribution in [0.2, 0.25) is 0 Å². The maximum Gasteiger partial charge on any atom is 0.293 e. The third-order valence-corrected chi connectivity index (χ3v) is 6.33. The zero-order valence-corrected chi connectivity index (χ0v) is 17.9. The lowest BCUT2D eigenvalue weighted by atomic mass is 10.0. The van der Waals surface area contributed by atoms with E-state index in [1.54, 1.807) is 12.1 Å². The number of hydrogen-bond acceptors (Lipinski definition) is 5. The highest BCUT2D eigenvalue weighted by Gasteiger charge is 2.27. The minimum absolute atomic E-state index is 0.00375. The van der Waals surface area contributed by atoms with Crippen LogP contribution in [0.25, 0.3) is 10.8 Å². The van der Waals surface area contributed by atoms with Crippen molar-refractivity contribution in [3.8, 4) is 0 Å². The normalized spacial score (nSPS) is 16.8. The van der Waals surface area contributed by atoms with Crippen LogP contribution >= 0.6 is 0 Å². The van der Waals surface area contributed by atoms with Crippen LogP contribution in [0.4, 0.5) is 11.4 Å². The van der Waals surface area contributed by atoms with E-state index in [1.807, 2.05) is 0 Å². The van der Waals surface area contributed by atoms with E-state index < -0.39 is 0 Å². The zero-order chi connectivity index (χ0) is 22.1. The molecule has 1 N–H and O–H groups in total. The van der Waals surface area contributed by atoms with Crippen molar-refractivity contribution in [1.82, 2.24) is 10.2 Å². The average molecular weight is 431 g/mol. The van der Waals surface area contributed by atoms with Gasteiger partial charge in [0.2, 0.25) is 0 Å². The summed E-state index contributed by atoms with van der Waals surface area (Å²) in [5.74, 6) is -0.234. The fourth-order valence-electron chi connectivity index (χ4n) is 4.39. The number of amides is 1. The van der Waals surface area contributed by atoms with Crippen LogP contribution in [0.15, 0.2) is 60.7 Å². The molecule has 0 radical (unpaired) electrons. The molecule has 0 atom stereocenters. The third-order valence-electron chi connectivity index (χ3n) is 6.33. The maximum absolute atomic E-state index is 12.3. The monoisotopic (exact) mass is 430 g/mol. The molecule has 164 valence electrons. The van der Waals surface area contributed by atoms with Crippen LogP contribution < -0.4 is 10.2 Å². The fourth-order valence-corrected chi connectivity index (χ4v) is 4.39. The Balaban J connectivity index is 1.28. The highest BCUT2D eigenvalue weighted by molar-refractivity contribution is 5.96. The minimum Gasteiger partial charge on any atom is -0.363 e. The summed E-state index contributed by atoms with van der Waals surface area (Å²) in [6, 6.07) is 19.9. The summed E-state index contributed by atoms with van der Waals surface area (Å²) in [4.78, 5) is 28.1. The molecule has 1 saturated heterocycles. The van der Waals surface area contributed by atoms with Crippen LogP contribution in [0.5, 0.6) is 0 Å². The summed E-state index contributed by atoms with van der Waals surface area (Å²) >= 11 is 0. The second-order valence-electron chi connectivity index (χ2n) is 8.61. The average Bonchev–Trinajstić information content (AvgIpc) is 3.63. The smallest absolute Gasteiger partial charge is 0.293 e. The largest absolute Gasteiger partial charge is 0.363 e. The van der Waals surface area contributed by atoms with Crippen LogP contribution in [0, 0.1) is 10.1 Å². The van der Waals surface area contributed by atoms with Crippen molar-refractivity contribution in [3.05, 3.63) is 81.9 Å². The van der Waals surface area contributed by atoms with Crippen molar-refractivity contribution in [2.24, 2.45) is 0 Å². The first-order valence-corrected chi connectivity index (χ1v) is 11.1. The van der Waals surface area contributed by atoms with Gasteiger partial charge in [0.1, 0.15) is 5.69 Å². The lowest BCUT2D eigenvalue weighted by Gasteiger charge is -2.36. The van der Waals surface area contributed by atoms with Crippen molar-refractivity contribution in [1.29, 1.82) is 0 Å². The predicted molar refractivity (Wildman–Crippen MR) is 125 cm³/mol. The van der Waals surface area contributed by atoms with E-state index in [-0.39, 0.29) is 22.6 Å². The minimum atomic E-state index is -0.383. The topological polar surface area (TPSA) is 78.7 Å². The number of nitrogens with one attached hydrogen (secondary N) is 1. The van der Waals surface area contributed by atoms with Crippen molar-refractivity contribution in [2.45, 2.75) is 25.4 Å². The number of nitro groups is 1. The molecule has 0 aromatic heterocycles. The van der Waals surface area contributed by atoms with Gasteiger partial charge in [-0.3, -0.25) is 19.8 Å².